The summed E-state index contributed by atoms with van der Waals surface area (Å²) >= 11 is 0. The van der Waals surface area contributed by atoms with Crippen LogP contribution in [-0.4, -0.2) is 33.8 Å². The molecule has 2 amide bonds. The van der Waals surface area contributed by atoms with Gasteiger partial charge in [-0.2, -0.15) is 0 Å². The Bertz CT molecular complexity index is 900. The van der Waals surface area contributed by atoms with E-state index < -0.39 is 29.7 Å². The molecule has 1 aromatic heterocycles. The lowest BCUT2D eigenvalue weighted by molar-refractivity contribution is -0.140. The molecule has 1 aromatic carbocycles. The summed E-state index contributed by atoms with van der Waals surface area (Å²) in [5.74, 6) is -2.74. The first-order valence-corrected chi connectivity index (χ1v) is 10.7. The normalized spacial score (nSPS) is 13.6. The number of Topliss-reactive ketones (excluding diaryl/α,β-unsaturated/α-hetero) is 1. The third-order valence-electron chi connectivity index (χ3n) is 5.28. The van der Waals surface area contributed by atoms with E-state index in [0.29, 0.717) is 18.4 Å². The fourth-order valence-electron chi connectivity index (χ4n) is 3.73. The van der Waals surface area contributed by atoms with Crippen LogP contribution in [0.3, 0.4) is 0 Å². The van der Waals surface area contributed by atoms with E-state index in [1.165, 1.54) is 6.20 Å². The number of carbonyl (C=O) groups excluding carboxylic acids is 3. The smallest absolute Gasteiger partial charge is 0.247 e. The van der Waals surface area contributed by atoms with Gasteiger partial charge in [-0.05, 0) is 36.5 Å². The number of rotatable bonds is 12. The van der Waals surface area contributed by atoms with Crippen LogP contribution in [0.2, 0.25) is 0 Å². The number of benzene rings is 1. The second-order valence-electron chi connectivity index (χ2n) is 8.20. The average molecular weight is 438 g/mol. The van der Waals surface area contributed by atoms with Gasteiger partial charge in [0, 0.05) is 24.4 Å². The van der Waals surface area contributed by atoms with E-state index in [-0.39, 0.29) is 18.1 Å². The number of nitrogens with one attached hydrogen (secondary N) is 2. The third kappa shape index (κ3) is 7.13. The molecule has 32 heavy (non-hydrogen) atoms. The molecule has 3 N–H and O–H groups in total. The molecule has 0 radical (unpaired) electrons. The highest BCUT2D eigenvalue weighted by molar-refractivity contribution is 6.02. The van der Waals surface area contributed by atoms with E-state index >= 15 is 0 Å². The first-order chi connectivity index (χ1) is 15.4. The van der Waals surface area contributed by atoms with Crippen LogP contribution in [0.15, 0.2) is 67.5 Å². The predicted molar refractivity (Wildman–Crippen MR) is 122 cm³/mol. The Balaban J connectivity index is 2.34. The number of aromatic nitrogens is 1. The van der Waals surface area contributed by atoms with E-state index in [9.17, 15) is 19.6 Å². The molecule has 0 saturated heterocycles. The van der Waals surface area contributed by atoms with Gasteiger partial charge in [-0.25, -0.2) is 5.48 Å². The van der Waals surface area contributed by atoms with Gasteiger partial charge in [0.2, 0.25) is 11.8 Å². The predicted octanol–water partition coefficient (Wildman–Crippen LogP) is 3.35. The molecule has 0 aliphatic rings. The Morgan fingerprint density at radius 2 is 1.78 bits per heavy atom. The standard InChI is InChI=1S/C25H31N3O4/c1-4-9-20(25(31)28-32)21(14-17(2)3)24(30)27-22(15-18-10-6-5-7-11-18)23(29)19-12-8-13-26-16-19/h4-8,10-13,16-17,20-22,32H,1,9,14-15H2,2-3H3,(H,27,30)(H,28,31)/t20-,21+,22-/m0/s1. The Kier molecular flexibility index (Phi) is 9.76. The van der Waals surface area contributed by atoms with Crippen LogP contribution in [0.1, 0.15) is 42.6 Å². The summed E-state index contributed by atoms with van der Waals surface area (Å²) in [5, 5.41) is 12.1. The maximum absolute atomic E-state index is 13.4. The molecular weight excluding hydrogens is 406 g/mol. The summed E-state index contributed by atoms with van der Waals surface area (Å²) in [6, 6.07) is 11.9. The molecule has 2 rings (SSSR count). The van der Waals surface area contributed by atoms with Gasteiger partial charge in [0.05, 0.1) is 17.9 Å². The second kappa shape index (κ2) is 12.5. The topological polar surface area (TPSA) is 108 Å². The van der Waals surface area contributed by atoms with E-state index in [4.69, 9.17) is 0 Å². The van der Waals surface area contributed by atoms with Crippen molar-refractivity contribution in [1.82, 2.24) is 15.8 Å². The van der Waals surface area contributed by atoms with Gasteiger partial charge in [0.15, 0.2) is 5.78 Å². The molecule has 3 atom stereocenters. The molecule has 0 unspecified atom stereocenters. The highest BCUT2D eigenvalue weighted by Crippen LogP contribution is 2.25. The van der Waals surface area contributed by atoms with Crippen molar-refractivity contribution in [3.63, 3.8) is 0 Å². The highest BCUT2D eigenvalue weighted by atomic mass is 16.5. The van der Waals surface area contributed by atoms with Crippen molar-refractivity contribution in [2.75, 3.05) is 0 Å². The largest absolute Gasteiger partial charge is 0.345 e. The second-order valence-corrected chi connectivity index (χ2v) is 8.20. The quantitative estimate of drug-likeness (QED) is 0.204. The van der Waals surface area contributed by atoms with Gasteiger partial charge >= 0.3 is 0 Å². The molecule has 2 aromatic rings. The molecule has 7 heteroatoms. The number of hydrogen-bond donors (Lipinski definition) is 3. The average Bonchev–Trinajstić information content (AvgIpc) is 2.81. The molecule has 0 fully saturated rings. The zero-order valence-corrected chi connectivity index (χ0v) is 18.5. The highest BCUT2D eigenvalue weighted by Gasteiger charge is 2.35. The van der Waals surface area contributed by atoms with Gasteiger partial charge < -0.3 is 5.32 Å². The minimum Gasteiger partial charge on any atom is -0.345 e. The maximum Gasteiger partial charge on any atom is 0.247 e. The zero-order valence-electron chi connectivity index (χ0n) is 18.5. The van der Waals surface area contributed by atoms with Crippen LogP contribution in [0.25, 0.3) is 0 Å². The molecule has 1 heterocycles. The monoisotopic (exact) mass is 437 g/mol. The van der Waals surface area contributed by atoms with Crippen molar-refractivity contribution in [2.45, 2.75) is 39.2 Å². The fourth-order valence-corrected chi connectivity index (χ4v) is 3.73. The number of amides is 2. The number of hydrogen-bond acceptors (Lipinski definition) is 5. The van der Waals surface area contributed by atoms with Crippen LogP contribution in [0, 0.1) is 17.8 Å². The first kappa shape index (κ1) is 24.9. The van der Waals surface area contributed by atoms with Crippen molar-refractivity contribution in [1.29, 1.82) is 0 Å². The van der Waals surface area contributed by atoms with Crippen molar-refractivity contribution in [2.24, 2.45) is 17.8 Å². The Hall–Kier alpha value is -3.32. The number of pyridine rings is 1. The molecule has 0 aliphatic carbocycles. The van der Waals surface area contributed by atoms with E-state index in [2.05, 4.69) is 16.9 Å². The van der Waals surface area contributed by atoms with Gasteiger partial charge in [-0.3, -0.25) is 24.6 Å². The summed E-state index contributed by atoms with van der Waals surface area (Å²) in [6.45, 7) is 7.57. The van der Waals surface area contributed by atoms with E-state index in [1.54, 1.807) is 29.9 Å². The van der Waals surface area contributed by atoms with Gasteiger partial charge in [-0.15, -0.1) is 6.58 Å². The molecular formula is C25H31N3O4. The van der Waals surface area contributed by atoms with Gasteiger partial charge in [-0.1, -0.05) is 50.3 Å². The first-order valence-electron chi connectivity index (χ1n) is 10.7. The lowest BCUT2D eigenvalue weighted by Crippen LogP contribution is -2.48. The van der Waals surface area contributed by atoms with Crippen LogP contribution < -0.4 is 10.8 Å². The minimum atomic E-state index is -0.828. The summed E-state index contributed by atoms with van der Waals surface area (Å²) in [4.78, 5) is 42.9. The maximum atomic E-state index is 13.4. The SMILES string of the molecule is C=CC[C@H](C(=O)NO)[C@@H](CC(C)C)C(=O)N[C@@H](Cc1ccccc1)C(=O)c1cccnc1. The number of carbonyl (C=O) groups is 3. The summed E-state index contributed by atoms with van der Waals surface area (Å²) < 4.78 is 0. The molecule has 0 bridgehead atoms. The molecule has 170 valence electrons. The molecule has 7 nitrogen and oxygen atoms in total. The van der Waals surface area contributed by atoms with Crippen molar-refractivity contribution in [3.05, 3.63) is 78.6 Å². The number of nitrogens with zero attached hydrogens (tertiary/aromatic N) is 1. The summed E-state index contributed by atoms with van der Waals surface area (Å²) in [5.41, 5.74) is 2.95. The fraction of sp³-hybridized carbons (Fsp3) is 0.360. The van der Waals surface area contributed by atoms with Crippen LogP contribution >= 0.6 is 0 Å². The zero-order chi connectivity index (χ0) is 23.5. The van der Waals surface area contributed by atoms with Crippen LogP contribution in [0.4, 0.5) is 0 Å². The van der Waals surface area contributed by atoms with Gasteiger partial charge in [0.1, 0.15) is 0 Å². The number of allylic oxidation sites excluding steroid dienone is 1. The van der Waals surface area contributed by atoms with E-state index in [0.717, 1.165) is 5.56 Å². The Labute approximate surface area is 188 Å². The Morgan fingerprint density at radius 3 is 2.34 bits per heavy atom. The van der Waals surface area contributed by atoms with Crippen LogP contribution in [-0.2, 0) is 16.0 Å². The summed E-state index contributed by atoms with van der Waals surface area (Å²) in [7, 11) is 0. The molecule has 0 spiro atoms. The van der Waals surface area contributed by atoms with Gasteiger partial charge in [0.25, 0.3) is 0 Å². The number of ketones is 1. The Morgan fingerprint density at radius 1 is 1.06 bits per heavy atom. The summed E-state index contributed by atoms with van der Waals surface area (Å²) in [6.07, 6.45) is 5.52. The van der Waals surface area contributed by atoms with Crippen LogP contribution in [0.5, 0.6) is 0 Å². The van der Waals surface area contributed by atoms with E-state index in [1.807, 2.05) is 44.2 Å². The van der Waals surface area contributed by atoms with Crippen molar-refractivity contribution >= 4 is 17.6 Å². The lowest BCUT2D eigenvalue weighted by atomic mass is 9.81. The number of hydroxylamine groups is 1. The minimum absolute atomic E-state index is 0.117. The van der Waals surface area contributed by atoms with Crippen molar-refractivity contribution in [3.8, 4) is 0 Å². The lowest BCUT2D eigenvalue weighted by Gasteiger charge is -2.28. The third-order valence-corrected chi connectivity index (χ3v) is 5.28. The van der Waals surface area contributed by atoms with Crippen molar-refractivity contribution < 1.29 is 19.6 Å². The molecule has 0 saturated carbocycles. The molecule has 0 aliphatic heterocycles.